The largest absolute Gasteiger partial charge is 0.459 e. The molecule has 126 valence electrons. The Balaban J connectivity index is 2.02. The number of aromatic amines is 1. The topological polar surface area (TPSA) is 51.3 Å². The summed E-state index contributed by atoms with van der Waals surface area (Å²) in [4.78, 5) is 15.3. The number of nitrogens with one attached hydrogen (secondary N) is 1. The van der Waals surface area contributed by atoms with Crippen molar-refractivity contribution in [3.8, 4) is 5.75 Å². The van der Waals surface area contributed by atoms with Crippen LogP contribution in [-0.2, 0) is 17.6 Å². The molecule has 3 rings (SSSR count). The van der Waals surface area contributed by atoms with Crippen molar-refractivity contribution in [2.24, 2.45) is 0 Å². The molecule has 1 aliphatic heterocycles. The molecule has 4 nitrogen and oxygen atoms in total. The van der Waals surface area contributed by atoms with E-state index in [9.17, 15) is 4.79 Å². The molecule has 0 radical (unpaired) electrons. The molecule has 1 aromatic carbocycles. The monoisotopic (exact) mass is 325 g/mol. The third-order valence-electron chi connectivity index (χ3n) is 4.21. The zero-order chi connectivity index (χ0) is 16.9. The Labute approximate surface area is 141 Å². The fourth-order valence-corrected chi connectivity index (χ4v) is 3.08. The van der Waals surface area contributed by atoms with Gasteiger partial charge in [-0.25, -0.2) is 0 Å². The molecule has 1 aromatic heterocycles. The number of hydrogen-bond donors (Lipinski definition) is 1. The van der Waals surface area contributed by atoms with Gasteiger partial charge in [0.1, 0.15) is 0 Å². The van der Waals surface area contributed by atoms with Crippen molar-refractivity contribution in [2.75, 3.05) is 6.61 Å². The van der Waals surface area contributed by atoms with E-state index in [0.29, 0.717) is 12.4 Å². The summed E-state index contributed by atoms with van der Waals surface area (Å²) in [7, 11) is 0. The van der Waals surface area contributed by atoms with Gasteiger partial charge in [-0.3, -0.25) is 4.79 Å². The second kappa shape index (κ2) is 7.49. The highest BCUT2D eigenvalue weighted by Gasteiger charge is 2.17. The summed E-state index contributed by atoms with van der Waals surface area (Å²) in [5, 5.41) is 0.980. The Kier molecular flexibility index (Phi) is 5.16. The first kappa shape index (κ1) is 16.5. The smallest absolute Gasteiger partial charge is 0.290 e. The van der Waals surface area contributed by atoms with Crippen LogP contribution in [0, 0.1) is 0 Å². The number of pyridine rings is 1. The third-order valence-corrected chi connectivity index (χ3v) is 4.21. The summed E-state index contributed by atoms with van der Waals surface area (Å²) in [6, 6.07) is 5.94. The number of allylic oxidation sites excluding steroid dienone is 2. The number of rotatable bonds is 6. The lowest BCUT2D eigenvalue weighted by molar-refractivity contribution is -0.106. The fourth-order valence-electron chi connectivity index (χ4n) is 3.08. The van der Waals surface area contributed by atoms with Crippen LogP contribution in [0.15, 0.2) is 48.3 Å². The van der Waals surface area contributed by atoms with Crippen molar-refractivity contribution in [3.05, 3.63) is 65.0 Å². The van der Waals surface area contributed by atoms with Crippen LogP contribution in [0.2, 0.25) is 0 Å². The molecule has 0 saturated carbocycles. The first-order valence-corrected chi connectivity index (χ1v) is 8.40. The van der Waals surface area contributed by atoms with Gasteiger partial charge >= 0.3 is 0 Å². The molecule has 4 heteroatoms. The maximum atomic E-state index is 12.4. The van der Waals surface area contributed by atoms with Gasteiger partial charge in [0, 0.05) is 17.3 Å². The van der Waals surface area contributed by atoms with Crippen molar-refractivity contribution in [2.45, 2.75) is 38.4 Å². The van der Waals surface area contributed by atoms with Crippen LogP contribution in [0.4, 0.5) is 0 Å². The first-order valence-electron chi connectivity index (χ1n) is 8.40. The number of ether oxygens (including phenoxy) is 2. The molecule has 0 spiro atoms. The molecule has 1 fully saturated rings. The molecular weight excluding hydrogens is 302 g/mol. The standard InChI is InChI=1S/C20H23NO3/c1-3-7-14-11-15(8-4-2)16-13-18(20(22)21-17(16)12-14)24-19-9-5-6-10-23-19/h3-4,11-13,19H,1-2,5-10H2,(H,21,22). The van der Waals surface area contributed by atoms with Crippen LogP contribution in [-0.4, -0.2) is 17.9 Å². The predicted octanol–water partition coefficient (Wildman–Crippen LogP) is 3.89. The van der Waals surface area contributed by atoms with Crippen molar-refractivity contribution in [1.82, 2.24) is 4.98 Å². The van der Waals surface area contributed by atoms with E-state index >= 15 is 0 Å². The summed E-state index contributed by atoms with van der Waals surface area (Å²) >= 11 is 0. The van der Waals surface area contributed by atoms with Crippen LogP contribution >= 0.6 is 0 Å². The number of benzene rings is 1. The van der Waals surface area contributed by atoms with Gasteiger partial charge in [-0.1, -0.05) is 18.2 Å². The molecule has 1 saturated heterocycles. The third kappa shape index (κ3) is 3.60. The minimum absolute atomic E-state index is 0.225. The first-order chi connectivity index (χ1) is 11.7. The molecule has 1 atom stereocenters. The molecule has 2 aromatic rings. The maximum absolute atomic E-state index is 12.4. The summed E-state index contributed by atoms with van der Waals surface area (Å²) in [6.45, 7) is 8.29. The molecule has 2 heterocycles. The Bertz CT molecular complexity index is 800. The van der Waals surface area contributed by atoms with E-state index in [-0.39, 0.29) is 11.8 Å². The van der Waals surface area contributed by atoms with E-state index in [4.69, 9.17) is 9.47 Å². The van der Waals surface area contributed by atoms with Gasteiger partial charge in [0.25, 0.3) is 5.56 Å². The van der Waals surface area contributed by atoms with Gasteiger partial charge in [0.2, 0.25) is 0 Å². The molecular formula is C20H23NO3. The van der Waals surface area contributed by atoms with E-state index in [0.717, 1.165) is 54.1 Å². The Morgan fingerprint density at radius 2 is 2.04 bits per heavy atom. The lowest BCUT2D eigenvalue weighted by Crippen LogP contribution is -2.27. The van der Waals surface area contributed by atoms with Gasteiger partial charge in [-0.15, -0.1) is 13.2 Å². The highest BCUT2D eigenvalue weighted by atomic mass is 16.7. The van der Waals surface area contributed by atoms with Gasteiger partial charge in [-0.05, 0) is 48.9 Å². The zero-order valence-electron chi connectivity index (χ0n) is 13.8. The second-order valence-electron chi connectivity index (χ2n) is 6.08. The molecule has 24 heavy (non-hydrogen) atoms. The van der Waals surface area contributed by atoms with Gasteiger partial charge in [-0.2, -0.15) is 0 Å². The Morgan fingerprint density at radius 1 is 1.21 bits per heavy atom. The Morgan fingerprint density at radius 3 is 2.75 bits per heavy atom. The van der Waals surface area contributed by atoms with Crippen LogP contribution in [0.3, 0.4) is 0 Å². The number of H-pyrrole nitrogens is 1. The second-order valence-corrected chi connectivity index (χ2v) is 6.08. The van der Waals surface area contributed by atoms with E-state index in [1.54, 1.807) is 0 Å². The van der Waals surface area contributed by atoms with Crippen LogP contribution in [0.25, 0.3) is 10.9 Å². The molecule has 0 bridgehead atoms. The van der Waals surface area contributed by atoms with Crippen molar-refractivity contribution < 1.29 is 9.47 Å². The van der Waals surface area contributed by atoms with E-state index in [2.05, 4.69) is 24.2 Å². The van der Waals surface area contributed by atoms with Crippen molar-refractivity contribution in [3.63, 3.8) is 0 Å². The summed E-state index contributed by atoms with van der Waals surface area (Å²) in [5.74, 6) is 0.316. The van der Waals surface area contributed by atoms with Crippen LogP contribution in [0.1, 0.15) is 30.4 Å². The highest BCUT2D eigenvalue weighted by Crippen LogP contribution is 2.24. The fraction of sp³-hybridized carbons (Fsp3) is 0.350. The summed E-state index contributed by atoms with van der Waals surface area (Å²) in [6.07, 6.45) is 7.79. The number of hydrogen-bond acceptors (Lipinski definition) is 3. The average molecular weight is 325 g/mol. The van der Waals surface area contributed by atoms with Crippen LogP contribution < -0.4 is 10.3 Å². The minimum atomic E-state index is -0.333. The molecule has 1 aliphatic rings. The minimum Gasteiger partial charge on any atom is -0.459 e. The van der Waals surface area contributed by atoms with Gasteiger partial charge < -0.3 is 14.5 Å². The molecule has 0 amide bonds. The normalized spacial score (nSPS) is 17.6. The molecule has 1 N–H and O–H groups in total. The van der Waals surface area contributed by atoms with Crippen molar-refractivity contribution >= 4 is 10.9 Å². The van der Waals surface area contributed by atoms with Crippen molar-refractivity contribution in [1.29, 1.82) is 0 Å². The van der Waals surface area contributed by atoms with E-state index < -0.39 is 0 Å². The van der Waals surface area contributed by atoms with Gasteiger partial charge in [0.05, 0.1) is 6.61 Å². The molecule has 1 unspecified atom stereocenters. The van der Waals surface area contributed by atoms with Crippen LogP contribution in [0.5, 0.6) is 5.75 Å². The highest BCUT2D eigenvalue weighted by molar-refractivity contribution is 5.84. The Hall–Kier alpha value is -2.33. The van der Waals surface area contributed by atoms with E-state index in [1.807, 2.05) is 24.3 Å². The van der Waals surface area contributed by atoms with E-state index in [1.165, 1.54) is 0 Å². The zero-order valence-corrected chi connectivity index (χ0v) is 13.8. The quantitative estimate of drug-likeness (QED) is 0.820. The number of fused-ring (bicyclic) bond motifs is 1. The number of aromatic nitrogens is 1. The molecule has 0 aliphatic carbocycles. The predicted molar refractivity (Wildman–Crippen MR) is 96.6 cm³/mol. The lowest BCUT2D eigenvalue weighted by atomic mass is 10.00. The lowest BCUT2D eigenvalue weighted by Gasteiger charge is -2.23. The van der Waals surface area contributed by atoms with Gasteiger partial charge in [0.15, 0.2) is 12.0 Å². The SMILES string of the molecule is C=CCc1cc(CC=C)c2cc(OC3CCCCO3)c(=O)[nH]c2c1. The average Bonchev–Trinajstić information content (AvgIpc) is 2.57. The maximum Gasteiger partial charge on any atom is 0.290 e. The summed E-state index contributed by atoms with van der Waals surface area (Å²) in [5.41, 5.74) is 2.82. The summed E-state index contributed by atoms with van der Waals surface area (Å²) < 4.78 is 11.4.